The number of fused-ring (bicyclic) bond motifs is 1. The van der Waals surface area contributed by atoms with Crippen molar-refractivity contribution in [1.82, 2.24) is 4.98 Å². The minimum Gasteiger partial charge on any atom is -0.361 e. The third-order valence-corrected chi connectivity index (χ3v) is 4.05. The Morgan fingerprint density at radius 1 is 0.737 bits per heavy atom. The summed E-state index contributed by atoms with van der Waals surface area (Å²) in [5, 5.41) is 1.34. The first-order valence-electron chi connectivity index (χ1n) is 6.73. The number of H-pyrrole nitrogens is 1. The second-order valence-electron chi connectivity index (χ2n) is 5.45. The Labute approximate surface area is 114 Å². The molecule has 0 atom stereocenters. The molecule has 1 heterocycles. The first kappa shape index (κ1) is 12.0. The van der Waals surface area contributed by atoms with Gasteiger partial charge in [0.15, 0.2) is 0 Å². The van der Waals surface area contributed by atoms with Gasteiger partial charge in [-0.15, -0.1) is 0 Å². The monoisotopic (exact) mass is 249 g/mol. The summed E-state index contributed by atoms with van der Waals surface area (Å²) in [5.74, 6) is 0. The fourth-order valence-corrected chi connectivity index (χ4v) is 2.83. The molecule has 19 heavy (non-hydrogen) atoms. The predicted octanol–water partition coefficient (Wildman–Crippen LogP) is 5.07. The maximum Gasteiger partial charge on any atom is 0.0463 e. The highest BCUT2D eigenvalue weighted by atomic mass is 14.7. The van der Waals surface area contributed by atoms with Gasteiger partial charge in [0, 0.05) is 22.7 Å². The second kappa shape index (κ2) is 4.27. The Balaban J connectivity index is 2.34. The van der Waals surface area contributed by atoms with Crippen LogP contribution in [0.1, 0.15) is 22.3 Å². The summed E-state index contributed by atoms with van der Waals surface area (Å²) < 4.78 is 0. The van der Waals surface area contributed by atoms with E-state index in [9.17, 15) is 0 Å². The molecule has 2 aromatic carbocycles. The molecular weight excluding hydrogens is 230 g/mol. The molecule has 0 unspecified atom stereocenters. The van der Waals surface area contributed by atoms with Crippen molar-refractivity contribution in [3.63, 3.8) is 0 Å². The van der Waals surface area contributed by atoms with E-state index in [1.807, 2.05) is 0 Å². The van der Waals surface area contributed by atoms with E-state index in [1.165, 1.54) is 44.3 Å². The van der Waals surface area contributed by atoms with Gasteiger partial charge in [0.25, 0.3) is 0 Å². The van der Waals surface area contributed by atoms with E-state index in [-0.39, 0.29) is 0 Å². The topological polar surface area (TPSA) is 15.8 Å². The Kier molecular flexibility index (Phi) is 2.70. The van der Waals surface area contributed by atoms with Gasteiger partial charge in [-0.3, -0.25) is 0 Å². The van der Waals surface area contributed by atoms with E-state index in [0.29, 0.717) is 0 Å². The molecule has 0 bridgehead atoms. The third kappa shape index (κ3) is 1.86. The van der Waals surface area contributed by atoms with Crippen molar-refractivity contribution in [1.29, 1.82) is 0 Å². The zero-order valence-corrected chi connectivity index (χ0v) is 12.0. The van der Waals surface area contributed by atoms with Crippen LogP contribution in [-0.2, 0) is 0 Å². The van der Waals surface area contributed by atoms with Gasteiger partial charge in [-0.25, -0.2) is 0 Å². The summed E-state index contributed by atoms with van der Waals surface area (Å²) >= 11 is 0. The quantitative estimate of drug-likeness (QED) is 0.620. The molecule has 3 aromatic rings. The first-order chi connectivity index (χ1) is 9.08. The molecule has 0 saturated heterocycles. The van der Waals surface area contributed by atoms with Gasteiger partial charge in [0.05, 0.1) is 0 Å². The molecule has 0 fully saturated rings. The first-order valence-corrected chi connectivity index (χ1v) is 6.73. The summed E-state index contributed by atoms with van der Waals surface area (Å²) in [4.78, 5) is 3.39. The van der Waals surface area contributed by atoms with Crippen molar-refractivity contribution in [3.8, 4) is 11.1 Å². The van der Waals surface area contributed by atoms with Crippen LogP contribution in [0.4, 0.5) is 0 Å². The zero-order valence-electron chi connectivity index (χ0n) is 12.0. The number of benzene rings is 2. The lowest BCUT2D eigenvalue weighted by Gasteiger charge is -2.10. The smallest absolute Gasteiger partial charge is 0.0463 e. The zero-order chi connectivity index (χ0) is 13.6. The van der Waals surface area contributed by atoms with E-state index in [1.54, 1.807) is 0 Å². The molecule has 1 nitrogen and oxygen atoms in total. The molecule has 0 aliphatic rings. The molecule has 0 amide bonds. The van der Waals surface area contributed by atoms with Crippen LogP contribution >= 0.6 is 0 Å². The Hall–Kier alpha value is -2.02. The minimum absolute atomic E-state index is 1.22. The lowest BCUT2D eigenvalue weighted by molar-refractivity contribution is 1.30. The fourth-order valence-electron chi connectivity index (χ4n) is 2.83. The van der Waals surface area contributed by atoms with Crippen LogP contribution in [-0.4, -0.2) is 4.98 Å². The number of nitrogens with one attached hydrogen (secondary N) is 1. The summed E-state index contributed by atoms with van der Waals surface area (Å²) in [6.45, 7) is 8.72. The van der Waals surface area contributed by atoms with Crippen molar-refractivity contribution in [2.75, 3.05) is 0 Å². The SMILES string of the molecule is Cc1cc(C)c(-c2c[nH]c3cccc(C)c23)cc1C. The number of aryl methyl sites for hydroxylation is 4. The van der Waals surface area contributed by atoms with E-state index in [4.69, 9.17) is 0 Å². The maximum atomic E-state index is 3.39. The van der Waals surface area contributed by atoms with Gasteiger partial charge in [0.1, 0.15) is 0 Å². The molecule has 0 aliphatic carbocycles. The van der Waals surface area contributed by atoms with Crippen LogP contribution < -0.4 is 0 Å². The van der Waals surface area contributed by atoms with E-state index >= 15 is 0 Å². The minimum atomic E-state index is 1.22. The third-order valence-electron chi connectivity index (χ3n) is 4.05. The van der Waals surface area contributed by atoms with Crippen molar-refractivity contribution in [2.24, 2.45) is 0 Å². The summed E-state index contributed by atoms with van der Waals surface area (Å²) in [5.41, 5.74) is 9.24. The van der Waals surface area contributed by atoms with E-state index in [0.717, 1.165) is 0 Å². The fraction of sp³-hybridized carbons (Fsp3) is 0.222. The lowest BCUT2D eigenvalue weighted by Crippen LogP contribution is -1.88. The summed E-state index contributed by atoms with van der Waals surface area (Å²) in [6.07, 6.45) is 2.13. The number of rotatable bonds is 1. The van der Waals surface area contributed by atoms with Crippen LogP contribution in [0.15, 0.2) is 36.5 Å². The normalized spacial score (nSPS) is 11.2. The van der Waals surface area contributed by atoms with Crippen molar-refractivity contribution >= 4 is 10.9 Å². The van der Waals surface area contributed by atoms with Crippen LogP contribution in [0.2, 0.25) is 0 Å². The maximum absolute atomic E-state index is 3.39. The van der Waals surface area contributed by atoms with Gasteiger partial charge >= 0.3 is 0 Å². The Bertz CT molecular complexity index is 763. The summed E-state index contributed by atoms with van der Waals surface area (Å²) in [6, 6.07) is 11.0. The molecule has 0 spiro atoms. The standard InChI is InChI=1S/C18H19N/c1-11-6-5-7-17-18(11)16(10-19-17)15-9-13(3)12(2)8-14(15)4/h5-10,19H,1-4H3. The van der Waals surface area contributed by atoms with Crippen LogP contribution in [0.5, 0.6) is 0 Å². The molecule has 0 radical (unpaired) electrons. The van der Waals surface area contributed by atoms with E-state index < -0.39 is 0 Å². The van der Waals surface area contributed by atoms with Gasteiger partial charge in [-0.05, 0) is 61.6 Å². The van der Waals surface area contributed by atoms with Gasteiger partial charge in [-0.1, -0.05) is 24.3 Å². The van der Waals surface area contributed by atoms with Gasteiger partial charge in [0.2, 0.25) is 0 Å². The molecular formula is C18H19N. The van der Waals surface area contributed by atoms with Crippen molar-refractivity contribution < 1.29 is 0 Å². The Morgan fingerprint density at radius 2 is 1.47 bits per heavy atom. The van der Waals surface area contributed by atoms with E-state index in [2.05, 4.69) is 69.2 Å². The van der Waals surface area contributed by atoms with Crippen molar-refractivity contribution in [2.45, 2.75) is 27.7 Å². The van der Waals surface area contributed by atoms with Gasteiger partial charge in [-0.2, -0.15) is 0 Å². The largest absolute Gasteiger partial charge is 0.361 e. The van der Waals surface area contributed by atoms with Crippen LogP contribution in [0.3, 0.4) is 0 Å². The molecule has 0 saturated carbocycles. The predicted molar refractivity (Wildman–Crippen MR) is 82.7 cm³/mol. The average molecular weight is 249 g/mol. The molecule has 3 rings (SSSR count). The summed E-state index contributed by atoms with van der Waals surface area (Å²) in [7, 11) is 0. The van der Waals surface area contributed by atoms with Crippen LogP contribution in [0.25, 0.3) is 22.0 Å². The van der Waals surface area contributed by atoms with Crippen molar-refractivity contribution in [3.05, 3.63) is 58.8 Å². The highest BCUT2D eigenvalue weighted by molar-refractivity contribution is 5.98. The molecule has 1 N–H and O–H groups in total. The number of hydrogen-bond donors (Lipinski definition) is 1. The molecule has 1 aromatic heterocycles. The second-order valence-corrected chi connectivity index (χ2v) is 5.45. The lowest BCUT2D eigenvalue weighted by atomic mass is 9.94. The Morgan fingerprint density at radius 3 is 2.26 bits per heavy atom. The molecule has 1 heteroatoms. The highest BCUT2D eigenvalue weighted by Crippen LogP contribution is 2.34. The molecule has 0 aliphatic heterocycles. The molecule has 96 valence electrons. The van der Waals surface area contributed by atoms with Crippen LogP contribution in [0, 0.1) is 27.7 Å². The number of hydrogen-bond acceptors (Lipinski definition) is 0. The average Bonchev–Trinajstić information content (AvgIpc) is 2.79. The number of aromatic nitrogens is 1. The van der Waals surface area contributed by atoms with Gasteiger partial charge < -0.3 is 4.98 Å². The number of aromatic amines is 1. The highest BCUT2D eigenvalue weighted by Gasteiger charge is 2.11.